The fourth-order valence-corrected chi connectivity index (χ4v) is 3.25. The van der Waals surface area contributed by atoms with Gasteiger partial charge in [0.15, 0.2) is 6.10 Å². The Kier molecular flexibility index (Phi) is 7.82. The van der Waals surface area contributed by atoms with Crippen molar-refractivity contribution >= 4 is 51.5 Å². The molecule has 0 aromatic heterocycles. The number of allylic oxidation sites excluding steroid dienone is 2. The minimum Gasteiger partial charge on any atom is -0.450 e. The minimum absolute atomic E-state index is 0.00287. The first-order valence-corrected chi connectivity index (χ1v) is 10.1. The average Bonchev–Trinajstić information content (AvgIpc) is 2.59. The predicted molar refractivity (Wildman–Crippen MR) is 119 cm³/mol. The molecule has 0 heterocycles. The summed E-state index contributed by atoms with van der Waals surface area (Å²) < 4.78 is 3.59. The maximum atomic E-state index is 12.3. The van der Waals surface area contributed by atoms with E-state index >= 15 is 0 Å². The van der Waals surface area contributed by atoms with E-state index in [0.717, 1.165) is 11.1 Å². The highest BCUT2D eigenvalue weighted by Crippen LogP contribution is 2.34. The van der Waals surface area contributed by atoms with Crippen molar-refractivity contribution in [2.24, 2.45) is 0 Å². The standard InChI is InChI=1S/C22H24Cl3NO2/c1-14(2)12-20(22(23,24)25)28-21(27)13-15(3)26-16(4)18-11-7-9-17-8-5-6-10-19(17)18/h5-13,16,20,26H,1-4H3/b15-13-. The van der Waals surface area contributed by atoms with Crippen molar-refractivity contribution in [2.45, 2.75) is 43.6 Å². The molecule has 3 nitrogen and oxygen atoms in total. The number of halogens is 3. The Morgan fingerprint density at radius 3 is 2.36 bits per heavy atom. The van der Waals surface area contributed by atoms with Crippen LogP contribution in [0.25, 0.3) is 10.8 Å². The highest BCUT2D eigenvalue weighted by atomic mass is 35.6. The topological polar surface area (TPSA) is 38.3 Å². The average molecular weight is 441 g/mol. The highest BCUT2D eigenvalue weighted by Gasteiger charge is 2.34. The Hall–Kier alpha value is -1.68. The molecule has 2 aromatic carbocycles. The molecule has 2 rings (SSSR count). The number of ether oxygens (including phenoxy) is 1. The molecule has 0 aliphatic rings. The van der Waals surface area contributed by atoms with Crippen LogP contribution < -0.4 is 5.32 Å². The van der Waals surface area contributed by atoms with Crippen molar-refractivity contribution in [1.82, 2.24) is 5.32 Å². The molecule has 0 saturated carbocycles. The molecule has 1 N–H and O–H groups in total. The Labute approximate surface area is 181 Å². The summed E-state index contributed by atoms with van der Waals surface area (Å²) in [5, 5.41) is 5.65. The Balaban J connectivity index is 2.12. The second-order valence-corrected chi connectivity index (χ2v) is 9.27. The van der Waals surface area contributed by atoms with Crippen molar-refractivity contribution in [3.05, 3.63) is 71.5 Å². The first-order valence-electron chi connectivity index (χ1n) is 8.92. The molecular formula is C22H24Cl3NO2. The van der Waals surface area contributed by atoms with Gasteiger partial charge in [-0.15, -0.1) is 0 Å². The first-order chi connectivity index (χ1) is 13.1. The molecule has 0 amide bonds. The number of nitrogens with one attached hydrogen (secondary N) is 1. The molecule has 150 valence electrons. The van der Waals surface area contributed by atoms with E-state index in [-0.39, 0.29) is 6.04 Å². The number of rotatable bonds is 6. The minimum atomic E-state index is -1.74. The maximum absolute atomic E-state index is 12.3. The highest BCUT2D eigenvalue weighted by molar-refractivity contribution is 6.68. The molecule has 0 aliphatic carbocycles. The summed E-state index contributed by atoms with van der Waals surface area (Å²) in [4.78, 5) is 12.3. The predicted octanol–water partition coefficient (Wildman–Crippen LogP) is 6.64. The Morgan fingerprint density at radius 2 is 1.71 bits per heavy atom. The van der Waals surface area contributed by atoms with E-state index in [1.165, 1.54) is 16.8 Å². The molecule has 0 spiro atoms. The van der Waals surface area contributed by atoms with Gasteiger partial charge >= 0.3 is 5.97 Å². The molecule has 6 heteroatoms. The van der Waals surface area contributed by atoms with Crippen LogP contribution in [-0.4, -0.2) is 15.9 Å². The number of esters is 1. The Morgan fingerprint density at radius 1 is 1.07 bits per heavy atom. The van der Waals surface area contributed by atoms with E-state index in [4.69, 9.17) is 39.5 Å². The molecule has 0 bridgehead atoms. The lowest BCUT2D eigenvalue weighted by molar-refractivity contribution is -0.140. The van der Waals surface area contributed by atoms with Crippen molar-refractivity contribution in [3.8, 4) is 0 Å². The van der Waals surface area contributed by atoms with Gasteiger partial charge in [0.2, 0.25) is 3.79 Å². The van der Waals surface area contributed by atoms with Crippen molar-refractivity contribution in [3.63, 3.8) is 0 Å². The van der Waals surface area contributed by atoms with E-state index < -0.39 is 15.9 Å². The molecule has 0 aliphatic heterocycles. The van der Waals surface area contributed by atoms with E-state index in [0.29, 0.717) is 5.70 Å². The SMILES string of the molecule is CC(C)=CC(OC(=O)/C=C(/C)NC(C)c1cccc2ccccc12)C(Cl)(Cl)Cl. The summed E-state index contributed by atoms with van der Waals surface area (Å²) in [7, 11) is 0. The van der Waals surface area contributed by atoms with Gasteiger partial charge in [-0.3, -0.25) is 0 Å². The van der Waals surface area contributed by atoms with Crippen LogP contribution in [0.3, 0.4) is 0 Å². The van der Waals surface area contributed by atoms with E-state index in [9.17, 15) is 4.79 Å². The van der Waals surface area contributed by atoms with Crippen LogP contribution in [0.4, 0.5) is 0 Å². The number of hydrogen-bond donors (Lipinski definition) is 1. The smallest absolute Gasteiger partial charge is 0.333 e. The number of hydrogen-bond acceptors (Lipinski definition) is 3. The van der Waals surface area contributed by atoms with Gasteiger partial charge in [-0.1, -0.05) is 82.8 Å². The quantitative estimate of drug-likeness (QED) is 0.237. The van der Waals surface area contributed by atoms with Gasteiger partial charge in [0.05, 0.1) is 0 Å². The monoisotopic (exact) mass is 439 g/mol. The summed E-state index contributed by atoms with van der Waals surface area (Å²) in [6, 6.07) is 14.3. The summed E-state index contributed by atoms with van der Waals surface area (Å²) in [5.74, 6) is -0.580. The van der Waals surface area contributed by atoms with Gasteiger partial charge in [0.1, 0.15) is 0 Å². The molecule has 0 radical (unpaired) electrons. The number of benzene rings is 2. The van der Waals surface area contributed by atoms with Gasteiger partial charge in [0, 0.05) is 17.8 Å². The van der Waals surface area contributed by atoms with E-state index in [1.807, 2.05) is 39.0 Å². The van der Waals surface area contributed by atoms with Gasteiger partial charge < -0.3 is 10.1 Å². The third kappa shape index (κ3) is 6.44. The van der Waals surface area contributed by atoms with Crippen LogP contribution in [0.2, 0.25) is 0 Å². The Bertz CT molecular complexity index is 891. The normalized spacial score (nSPS) is 14.3. The van der Waals surface area contributed by atoms with Crippen LogP contribution >= 0.6 is 34.8 Å². The van der Waals surface area contributed by atoms with E-state index in [1.54, 1.807) is 13.0 Å². The van der Waals surface area contributed by atoms with Crippen LogP contribution in [0.1, 0.15) is 39.3 Å². The lowest BCUT2D eigenvalue weighted by Crippen LogP contribution is -2.29. The van der Waals surface area contributed by atoms with Gasteiger partial charge in [-0.05, 0) is 50.1 Å². The summed E-state index contributed by atoms with van der Waals surface area (Å²) >= 11 is 17.7. The fourth-order valence-electron chi connectivity index (χ4n) is 2.92. The molecule has 28 heavy (non-hydrogen) atoms. The zero-order valence-corrected chi connectivity index (χ0v) is 18.6. The summed E-state index contributed by atoms with van der Waals surface area (Å²) in [6.07, 6.45) is 2.01. The summed E-state index contributed by atoms with van der Waals surface area (Å²) in [5.41, 5.74) is 2.68. The molecule has 0 saturated heterocycles. The maximum Gasteiger partial charge on any atom is 0.333 e. The largest absolute Gasteiger partial charge is 0.450 e. The first kappa shape index (κ1) is 22.6. The van der Waals surface area contributed by atoms with Crippen molar-refractivity contribution in [1.29, 1.82) is 0 Å². The molecule has 2 atom stereocenters. The second-order valence-electron chi connectivity index (χ2n) is 6.90. The number of carbonyl (C=O) groups excluding carboxylic acids is 1. The van der Waals surface area contributed by atoms with Gasteiger partial charge in [0.25, 0.3) is 0 Å². The van der Waals surface area contributed by atoms with Crippen LogP contribution in [0, 0.1) is 0 Å². The third-order valence-corrected chi connectivity index (χ3v) is 4.76. The van der Waals surface area contributed by atoms with Crippen LogP contribution in [-0.2, 0) is 9.53 Å². The number of fused-ring (bicyclic) bond motifs is 1. The molecule has 0 fully saturated rings. The number of carbonyl (C=O) groups is 1. The lowest BCUT2D eigenvalue weighted by Gasteiger charge is -2.22. The van der Waals surface area contributed by atoms with Crippen LogP contribution in [0.15, 0.2) is 65.9 Å². The zero-order valence-electron chi connectivity index (χ0n) is 16.3. The van der Waals surface area contributed by atoms with Crippen molar-refractivity contribution in [2.75, 3.05) is 0 Å². The molecular weight excluding hydrogens is 417 g/mol. The second kappa shape index (κ2) is 9.69. The zero-order chi connectivity index (χ0) is 20.9. The van der Waals surface area contributed by atoms with Crippen molar-refractivity contribution < 1.29 is 9.53 Å². The molecule has 2 unspecified atom stereocenters. The van der Waals surface area contributed by atoms with Gasteiger partial charge in [-0.2, -0.15) is 0 Å². The fraction of sp³-hybridized carbons (Fsp3) is 0.318. The third-order valence-electron chi connectivity index (χ3n) is 4.12. The summed E-state index contributed by atoms with van der Waals surface area (Å²) in [6.45, 7) is 7.52. The van der Waals surface area contributed by atoms with Crippen LogP contribution in [0.5, 0.6) is 0 Å². The van der Waals surface area contributed by atoms with E-state index in [2.05, 4.69) is 29.6 Å². The lowest BCUT2D eigenvalue weighted by atomic mass is 9.99. The van der Waals surface area contributed by atoms with Gasteiger partial charge in [-0.25, -0.2) is 4.79 Å². The molecule has 2 aromatic rings. The number of alkyl halides is 3.